The van der Waals surface area contributed by atoms with Crippen LogP contribution in [0, 0.1) is 6.92 Å². The van der Waals surface area contributed by atoms with Gasteiger partial charge in [0.2, 0.25) is 5.91 Å². The van der Waals surface area contributed by atoms with Crippen molar-refractivity contribution in [2.45, 2.75) is 6.92 Å². The third-order valence-electron chi connectivity index (χ3n) is 2.93. The van der Waals surface area contributed by atoms with Gasteiger partial charge in [-0.05, 0) is 24.6 Å². The molecule has 0 spiro atoms. The van der Waals surface area contributed by atoms with Gasteiger partial charge < -0.3 is 16.0 Å². The van der Waals surface area contributed by atoms with E-state index in [0.29, 0.717) is 24.3 Å². The maximum atomic E-state index is 12.2. The smallest absolute Gasteiger partial charge is 0.254 e. The molecule has 2 amide bonds. The van der Waals surface area contributed by atoms with Crippen LogP contribution in [-0.2, 0) is 4.79 Å². The predicted octanol–water partition coefficient (Wildman–Crippen LogP) is 0.149. The van der Waals surface area contributed by atoms with Crippen LogP contribution in [0.25, 0.3) is 0 Å². The summed E-state index contributed by atoms with van der Waals surface area (Å²) in [5.41, 5.74) is 7.70. The maximum Gasteiger partial charge on any atom is 0.254 e. The summed E-state index contributed by atoms with van der Waals surface area (Å²) in [6, 6.07) is 5.25. The summed E-state index contributed by atoms with van der Waals surface area (Å²) in [4.78, 5) is 25.0. The Hall–Kier alpha value is -2.04. The summed E-state index contributed by atoms with van der Waals surface area (Å²) in [5.74, 6) is -0.254. The first kappa shape index (κ1) is 11.4. The summed E-state index contributed by atoms with van der Waals surface area (Å²) in [7, 11) is 0. The van der Waals surface area contributed by atoms with E-state index in [-0.39, 0.29) is 18.4 Å². The summed E-state index contributed by atoms with van der Waals surface area (Å²) >= 11 is 0. The zero-order valence-corrected chi connectivity index (χ0v) is 9.69. The second-order valence-electron chi connectivity index (χ2n) is 4.10. The molecule has 0 unspecified atom stereocenters. The van der Waals surface area contributed by atoms with Crippen molar-refractivity contribution in [1.29, 1.82) is 0 Å². The topological polar surface area (TPSA) is 75.4 Å². The summed E-state index contributed by atoms with van der Waals surface area (Å²) in [5, 5.41) is 2.69. The third-order valence-corrected chi connectivity index (χ3v) is 2.93. The molecule has 1 heterocycles. The summed E-state index contributed by atoms with van der Waals surface area (Å²) in [6.45, 7) is 2.98. The van der Waals surface area contributed by atoms with Crippen molar-refractivity contribution in [2.75, 3.05) is 25.4 Å². The Bertz CT molecular complexity index is 471. The van der Waals surface area contributed by atoms with Crippen molar-refractivity contribution in [1.82, 2.24) is 10.2 Å². The fourth-order valence-electron chi connectivity index (χ4n) is 1.87. The van der Waals surface area contributed by atoms with Crippen LogP contribution >= 0.6 is 0 Å². The minimum Gasteiger partial charge on any atom is -0.398 e. The normalized spacial score (nSPS) is 15.6. The van der Waals surface area contributed by atoms with Gasteiger partial charge in [-0.1, -0.05) is 6.07 Å². The molecule has 17 heavy (non-hydrogen) atoms. The van der Waals surface area contributed by atoms with E-state index in [1.807, 2.05) is 6.92 Å². The van der Waals surface area contributed by atoms with E-state index in [4.69, 9.17) is 5.73 Å². The van der Waals surface area contributed by atoms with E-state index in [1.54, 1.807) is 23.1 Å². The molecule has 5 heteroatoms. The molecule has 1 saturated heterocycles. The average molecular weight is 233 g/mol. The van der Waals surface area contributed by atoms with Gasteiger partial charge in [0, 0.05) is 24.3 Å². The van der Waals surface area contributed by atoms with E-state index in [1.165, 1.54) is 0 Å². The highest BCUT2D eigenvalue weighted by Gasteiger charge is 2.23. The first-order chi connectivity index (χ1) is 8.09. The Morgan fingerprint density at radius 2 is 2.24 bits per heavy atom. The van der Waals surface area contributed by atoms with E-state index in [2.05, 4.69) is 5.32 Å². The molecule has 0 aromatic heterocycles. The molecule has 1 aromatic rings. The van der Waals surface area contributed by atoms with Crippen molar-refractivity contribution in [3.63, 3.8) is 0 Å². The van der Waals surface area contributed by atoms with Gasteiger partial charge in [-0.25, -0.2) is 0 Å². The Balaban J connectivity index is 2.24. The van der Waals surface area contributed by atoms with Crippen molar-refractivity contribution >= 4 is 17.5 Å². The van der Waals surface area contributed by atoms with Gasteiger partial charge in [-0.15, -0.1) is 0 Å². The van der Waals surface area contributed by atoms with Gasteiger partial charge in [0.15, 0.2) is 0 Å². The molecule has 1 aliphatic heterocycles. The largest absolute Gasteiger partial charge is 0.398 e. The molecule has 5 nitrogen and oxygen atoms in total. The number of carbonyl (C=O) groups excluding carboxylic acids is 2. The minimum atomic E-state index is -0.135. The average Bonchev–Trinajstić information content (AvgIpc) is 2.32. The van der Waals surface area contributed by atoms with Gasteiger partial charge >= 0.3 is 0 Å². The van der Waals surface area contributed by atoms with Crippen LogP contribution in [0.2, 0.25) is 0 Å². The molecule has 1 aromatic carbocycles. The van der Waals surface area contributed by atoms with E-state index >= 15 is 0 Å². The fourth-order valence-corrected chi connectivity index (χ4v) is 1.87. The Kier molecular flexibility index (Phi) is 2.99. The van der Waals surface area contributed by atoms with Gasteiger partial charge in [0.05, 0.1) is 6.54 Å². The summed E-state index contributed by atoms with van der Waals surface area (Å²) in [6.07, 6.45) is 0. The number of hydrogen-bond donors (Lipinski definition) is 2. The molecule has 90 valence electrons. The standard InChI is InChI=1S/C12H15N3O2/c1-8-9(3-2-4-10(8)13)12(17)15-6-5-14-11(16)7-15/h2-4H,5-7,13H2,1H3,(H,14,16). The zero-order chi connectivity index (χ0) is 12.4. The predicted molar refractivity (Wildman–Crippen MR) is 64.5 cm³/mol. The lowest BCUT2D eigenvalue weighted by Crippen LogP contribution is -2.50. The Labute approximate surface area is 99.6 Å². The Morgan fingerprint density at radius 1 is 1.47 bits per heavy atom. The number of benzene rings is 1. The second-order valence-corrected chi connectivity index (χ2v) is 4.10. The van der Waals surface area contributed by atoms with E-state index in [0.717, 1.165) is 5.56 Å². The lowest BCUT2D eigenvalue weighted by molar-refractivity contribution is -0.123. The number of anilines is 1. The molecule has 1 fully saturated rings. The van der Waals surface area contributed by atoms with Crippen LogP contribution in [0.1, 0.15) is 15.9 Å². The highest BCUT2D eigenvalue weighted by Crippen LogP contribution is 2.17. The SMILES string of the molecule is Cc1c(N)cccc1C(=O)N1CCNC(=O)C1. The van der Waals surface area contributed by atoms with Gasteiger partial charge in [0.1, 0.15) is 0 Å². The van der Waals surface area contributed by atoms with Crippen molar-refractivity contribution in [3.8, 4) is 0 Å². The maximum absolute atomic E-state index is 12.2. The molecule has 3 N–H and O–H groups in total. The molecule has 1 aliphatic rings. The number of nitrogens with zero attached hydrogens (tertiary/aromatic N) is 1. The van der Waals surface area contributed by atoms with Crippen LogP contribution in [0.4, 0.5) is 5.69 Å². The highest BCUT2D eigenvalue weighted by atomic mass is 16.2. The highest BCUT2D eigenvalue weighted by molar-refractivity contribution is 5.99. The van der Waals surface area contributed by atoms with Gasteiger partial charge in [-0.3, -0.25) is 9.59 Å². The van der Waals surface area contributed by atoms with Crippen LogP contribution in [-0.4, -0.2) is 36.3 Å². The molecule has 2 rings (SSSR count). The molecular formula is C12H15N3O2. The first-order valence-electron chi connectivity index (χ1n) is 5.50. The second kappa shape index (κ2) is 4.45. The molecule has 0 radical (unpaired) electrons. The van der Waals surface area contributed by atoms with E-state index in [9.17, 15) is 9.59 Å². The lowest BCUT2D eigenvalue weighted by Gasteiger charge is -2.27. The number of carbonyl (C=O) groups is 2. The quantitative estimate of drug-likeness (QED) is 0.678. The lowest BCUT2D eigenvalue weighted by atomic mass is 10.1. The van der Waals surface area contributed by atoms with Crippen molar-refractivity contribution < 1.29 is 9.59 Å². The number of hydrogen-bond acceptors (Lipinski definition) is 3. The number of amides is 2. The van der Waals surface area contributed by atoms with Gasteiger partial charge in [0.25, 0.3) is 5.91 Å². The number of nitrogens with one attached hydrogen (secondary N) is 1. The van der Waals surface area contributed by atoms with Crippen LogP contribution < -0.4 is 11.1 Å². The minimum absolute atomic E-state index is 0.118. The number of rotatable bonds is 1. The summed E-state index contributed by atoms with van der Waals surface area (Å²) < 4.78 is 0. The number of piperazine rings is 1. The van der Waals surface area contributed by atoms with Crippen molar-refractivity contribution in [2.24, 2.45) is 0 Å². The van der Waals surface area contributed by atoms with Crippen molar-refractivity contribution in [3.05, 3.63) is 29.3 Å². The Morgan fingerprint density at radius 3 is 2.94 bits per heavy atom. The number of nitrogens with two attached hydrogens (primary N) is 1. The third kappa shape index (κ3) is 2.22. The monoisotopic (exact) mass is 233 g/mol. The van der Waals surface area contributed by atoms with Gasteiger partial charge in [-0.2, -0.15) is 0 Å². The molecule has 0 bridgehead atoms. The number of nitrogen functional groups attached to an aromatic ring is 1. The molecular weight excluding hydrogens is 218 g/mol. The molecule has 0 aliphatic carbocycles. The van der Waals surface area contributed by atoms with Crippen LogP contribution in [0.3, 0.4) is 0 Å². The van der Waals surface area contributed by atoms with Crippen LogP contribution in [0.5, 0.6) is 0 Å². The first-order valence-corrected chi connectivity index (χ1v) is 5.50. The fraction of sp³-hybridized carbons (Fsp3) is 0.333. The van der Waals surface area contributed by atoms with E-state index < -0.39 is 0 Å². The zero-order valence-electron chi connectivity index (χ0n) is 9.69. The van der Waals surface area contributed by atoms with Crippen LogP contribution in [0.15, 0.2) is 18.2 Å². The molecule has 0 saturated carbocycles. The molecule has 0 atom stereocenters.